The Hall–Kier alpha value is -0.900. The highest BCUT2D eigenvalue weighted by Gasteiger charge is 2.72. The van der Waals surface area contributed by atoms with Gasteiger partial charge in [0.25, 0.3) is 0 Å². The van der Waals surface area contributed by atoms with Gasteiger partial charge in [-0.3, -0.25) is 14.5 Å². The van der Waals surface area contributed by atoms with Gasteiger partial charge in [-0.25, -0.2) is 0 Å². The van der Waals surface area contributed by atoms with E-state index in [-0.39, 0.29) is 40.5 Å². The van der Waals surface area contributed by atoms with Crippen LogP contribution in [0, 0.1) is 22.7 Å². The molecule has 0 aromatic heterocycles. The Morgan fingerprint density at radius 2 is 1.68 bits per heavy atom. The number of hydrogen-bond donors (Lipinski definition) is 1. The first-order valence-corrected chi connectivity index (χ1v) is 7.21. The molecule has 0 radical (unpaired) electrons. The van der Waals surface area contributed by atoms with Crippen LogP contribution in [-0.4, -0.2) is 35.8 Å². The smallest absolute Gasteiger partial charge is 0.233 e. The molecular formula is C15H26N2O2. The summed E-state index contributed by atoms with van der Waals surface area (Å²) in [6.45, 7) is 13.8. The van der Waals surface area contributed by atoms with Crippen LogP contribution in [0.3, 0.4) is 0 Å². The number of amides is 2. The third-order valence-electron chi connectivity index (χ3n) is 4.75. The molecule has 0 bridgehead atoms. The lowest BCUT2D eigenvalue weighted by Crippen LogP contribution is -2.51. The molecule has 1 N–H and O–H groups in total. The van der Waals surface area contributed by atoms with Crippen LogP contribution in [0.5, 0.6) is 0 Å². The van der Waals surface area contributed by atoms with Crippen molar-refractivity contribution < 1.29 is 9.59 Å². The van der Waals surface area contributed by atoms with Crippen molar-refractivity contribution >= 4 is 11.8 Å². The zero-order valence-corrected chi connectivity index (χ0v) is 12.9. The second-order valence-electron chi connectivity index (χ2n) is 7.54. The highest BCUT2D eigenvalue weighted by Crippen LogP contribution is 2.63. The van der Waals surface area contributed by atoms with Crippen molar-refractivity contribution in [3.63, 3.8) is 0 Å². The topological polar surface area (TPSA) is 49.4 Å². The van der Waals surface area contributed by atoms with Crippen LogP contribution in [0.25, 0.3) is 0 Å². The second-order valence-corrected chi connectivity index (χ2v) is 7.54. The van der Waals surface area contributed by atoms with E-state index in [1.165, 1.54) is 4.90 Å². The monoisotopic (exact) mass is 266 g/mol. The van der Waals surface area contributed by atoms with Gasteiger partial charge in [-0.1, -0.05) is 41.5 Å². The molecule has 0 aromatic rings. The Balaban J connectivity index is 2.09. The van der Waals surface area contributed by atoms with Crippen molar-refractivity contribution in [2.45, 2.75) is 47.6 Å². The summed E-state index contributed by atoms with van der Waals surface area (Å²) in [4.78, 5) is 26.1. The molecule has 3 unspecified atom stereocenters. The third kappa shape index (κ3) is 2.20. The van der Waals surface area contributed by atoms with E-state index >= 15 is 0 Å². The summed E-state index contributed by atoms with van der Waals surface area (Å²) in [6, 6.07) is 0.144. The number of imide groups is 1. The zero-order valence-electron chi connectivity index (χ0n) is 12.9. The van der Waals surface area contributed by atoms with E-state index in [0.29, 0.717) is 6.54 Å². The fraction of sp³-hybridized carbons (Fsp3) is 0.867. The number of piperidine rings is 1. The number of hydrogen-bond acceptors (Lipinski definition) is 3. The maximum atomic E-state index is 12.3. The van der Waals surface area contributed by atoms with Gasteiger partial charge in [-0.2, -0.15) is 0 Å². The largest absolute Gasteiger partial charge is 0.312 e. The Bertz CT molecular complexity index is 385. The molecule has 4 nitrogen and oxygen atoms in total. The SMILES string of the molecule is CCNC(CN1C(=O)C2C(C1=O)C2(C)C)C(C)(C)C. The summed E-state index contributed by atoms with van der Waals surface area (Å²) in [5, 5.41) is 3.39. The van der Waals surface area contributed by atoms with E-state index in [0.717, 1.165) is 6.54 Å². The minimum atomic E-state index is -0.111. The molecule has 1 heterocycles. The van der Waals surface area contributed by atoms with E-state index in [4.69, 9.17) is 0 Å². The first-order valence-electron chi connectivity index (χ1n) is 7.21. The van der Waals surface area contributed by atoms with Crippen molar-refractivity contribution in [1.29, 1.82) is 0 Å². The van der Waals surface area contributed by atoms with E-state index in [1.54, 1.807) is 0 Å². The summed E-state index contributed by atoms with van der Waals surface area (Å²) in [7, 11) is 0. The van der Waals surface area contributed by atoms with Crippen LogP contribution >= 0.6 is 0 Å². The number of nitrogens with one attached hydrogen (secondary N) is 1. The lowest BCUT2D eigenvalue weighted by Gasteiger charge is -2.35. The number of carbonyl (C=O) groups is 2. The highest BCUT2D eigenvalue weighted by atomic mass is 16.2. The molecule has 2 rings (SSSR count). The molecule has 3 atom stereocenters. The van der Waals surface area contributed by atoms with Crippen LogP contribution in [0.1, 0.15) is 41.5 Å². The number of carbonyl (C=O) groups excluding carboxylic acids is 2. The highest BCUT2D eigenvalue weighted by molar-refractivity contribution is 6.10. The van der Waals surface area contributed by atoms with Crippen LogP contribution < -0.4 is 5.32 Å². The van der Waals surface area contributed by atoms with Gasteiger partial charge < -0.3 is 5.32 Å². The Kier molecular flexibility index (Phi) is 3.28. The second kappa shape index (κ2) is 4.30. The molecule has 0 aromatic carbocycles. The van der Waals surface area contributed by atoms with Crippen LogP contribution in [0.4, 0.5) is 0 Å². The van der Waals surface area contributed by atoms with Gasteiger partial charge in [0.05, 0.1) is 11.8 Å². The quantitative estimate of drug-likeness (QED) is 0.787. The molecule has 2 amide bonds. The molecule has 2 fully saturated rings. The minimum Gasteiger partial charge on any atom is -0.312 e. The predicted molar refractivity (Wildman–Crippen MR) is 74.4 cm³/mol. The number of rotatable bonds is 4. The van der Waals surface area contributed by atoms with Crippen LogP contribution in [-0.2, 0) is 9.59 Å². The van der Waals surface area contributed by atoms with Gasteiger partial charge in [0.1, 0.15) is 0 Å². The Morgan fingerprint density at radius 1 is 1.21 bits per heavy atom. The van der Waals surface area contributed by atoms with Crippen molar-refractivity contribution in [1.82, 2.24) is 10.2 Å². The van der Waals surface area contributed by atoms with Crippen molar-refractivity contribution in [3.05, 3.63) is 0 Å². The normalized spacial score (nSPS) is 30.5. The summed E-state index contributed by atoms with van der Waals surface area (Å²) in [6.07, 6.45) is 0. The van der Waals surface area contributed by atoms with Crippen molar-refractivity contribution in [3.8, 4) is 0 Å². The van der Waals surface area contributed by atoms with Crippen LogP contribution in [0.2, 0.25) is 0 Å². The molecule has 1 aliphatic heterocycles. The van der Waals surface area contributed by atoms with Gasteiger partial charge in [0.2, 0.25) is 11.8 Å². The van der Waals surface area contributed by atoms with Gasteiger partial charge in [-0.05, 0) is 17.4 Å². The zero-order chi connectivity index (χ0) is 14.6. The summed E-state index contributed by atoms with van der Waals surface area (Å²) < 4.78 is 0. The Morgan fingerprint density at radius 3 is 2.05 bits per heavy atom. The average Bonchev–Trinajstić information content (AvgIpc) is 2.73. The number of fused-ring (bicyclic) bond motifs is 1. The van der Waals surface area contributed by atoms with Crippen LogP contribution in [0.15, 0.2) is 0 Å². The fourth-order valence-electron chi connectivity index (χ4n) is 3.26. The minimum absolute atomic E-state index is 0.0267. The van der Waals surface area contributed by atoms with E-state index in [9.17, 15) is 9.59 Å². The van der Waals surface area contributed by atoms with E-state index < -0.39 is 0 Å². The first-order chi connectivity index (χ1) is 8.62. The van der Waals surface area contributed by atoms with E-state index in [1.807, 2.05) is 20.8 Å². The summed E-state index contributed by atoms with van der Waals surface area (Å²) in [5.41, 5.74) is -0.0844. The van der Waals surface area contributed by atoms with Gasteiger partial charge in [-0.15, -0.1) is 0 Å². The molecule has 1 saturated carbocycles. The number of likely N-dealkylation sites (tertiary alicyclic amines) is 1. The fourth-order valence-corrected chi connectivity index (χ4v) is 3.26. The van der Waals surface area contributed by atoms with Gasteiger partial charge in [0, 0.05) is 12.6 Å². The Labute approximate surface area is 115 Å². The first kappa shape index (κ1) is 14.5. The molecule has 108 valence electrons. The number of likely N-dealkylation sites (N-methyl/N-ethyl adjacent to an activating group) is 1. The summed E-state index contributed by atoms with van der Waals surface area (Å²) in [5.74, 6) is -0.0659. The molecule has 19 heavy (non-hydrogen) atoms. The predicted octanol–water partition coefficient (Wildman–Crippen LogP) is 1.65. The molecule has 1 saturated heterocycles. The standard InChI is InChI=1S/C15H26N2O2/c1-7-16-9(14(2,3)4)8-17-12(18)10-11(13(17)19)15(10,5)6/h9-11,16H,7-8H2,1-6H3. The maximum Gasteiger partial charge on any atom is 0.233 e. The maximum absolute atomic E-state index is 12.3. The van der Waals surface area contributed by atoms with E-state index in [2.05, 4.69) is 26.1 Å². The molecular weight excluding hydrogens is 240 g/mol. The van der Waals surface area contributed by atoms with Crippen molar-refractivity contribution in [2.24, 2.45) is 22.7 Å². The molecule has 4 heteroatoms. The van der Waals surface area contributed by atoms with Crippen molar-refractivity contribution in [2.75, 3.05) is 13.1 Å². The molecule has 1 aliphatic carbocycles. The van der Waals surface area contributed by atoms with Gasteiger partial charge >= 0.3 is 0 Å². The average molecular weight is 266 g/mol. The molecule has 2 aliphatic rings. The summed E-state index contributed by atoms with van der Waals surface area (Å²) >= 11 is 0. The molecule has 0 spiro atoms. The lowest BCUT2D eigenvalue weighted by atomic mass is 9.86. The number of nitrogens with zero attached hydrogens (tertiary/aromatic N) is 1. The third-order valence-corrected chi connectivity index (χ3v) is 4.75. The lowest BCUT2D eigenvalue weighted by molar-refractivity contribution is -0.143. The van der Waals surface area contributed by atoms with Gasteiger partial charge in [0.15, 0.2) is 0 Å².